The van der Waals surface area contributed by atoms with E-state index < -0.39 is 24.7 Å². The molecule has 0 aliphatic carbocycles. The van der Waals surface area contributed by atoms with Gasteiger partial charge in [0.1, 0.15) is 0 Å². The number of alkyl halides is 3. The number of hydrogen-bond donors (Lipinski definition) is 2. The molecule has 0 aromatic carbocycles. The topological polar surface area (TPSA) is 72.3 Å². The molecule has 1 unspecified atom stereocenters. The summed E-state index contributed by atoms with van der Waals surface area (Å²) in [5, 5.41) is 0. The predicted octanol–water partition coefficient (Wildman–Crippen LogP) is 0.0733. The van der Waals surface area contributed by atoms with E-state index in [4.69, 9.17) is 11.5 Å². The van der Waals surface area contributed by atoms with Crippen LogP contribution in [0.2, 0.25) is 0 Å². The molecule has 0 rings (SSSR count). The van der Waals surface area contributed by atoms with Gasteiger partial charge in [-0.05, 0) is 13.0 Å². The van der Waals surface area contributed by atoms with Gasteiger partial charge in [0.15, 0.2) is 0 Å². The highest BCUT2D eigenvalue weighted by atomic mass is 19.4. The second-order valence-corrected chi connectivity index (χ2v) is 3.36. The molecule has 0 heterocycles. The molecule has 0 aliphatic rings. The average Bonchev–Trinajstić information content (AvgIpc) is 2.00. The first-order chi connectivity index (χ1) is 6.76. The number of rotatable bonds is 6. The van der Waals surface area contributed by atoms with Crippen molar-refractivity contribution in [1.29, 1.82) is 0 Å². The molecule has 0 bridgehead atoms. The average molecular weight is 227 g/mol. The number of hydrogen-bond acceptors (Lipinski definition) is 3. The first-order valence-electron chi connectivity index (χ1n) is 4.60. The Kier molecular flexibility index (Phi) is 5.59. The van der Waals surface area contributed by atoms with E-state index in [0.717, 1.165) is 4.90 Å². The quantitative estimate of drug-likeness (QED) is 0.674. The summed E-state index contributed by atoms with van der Waals surface area (Å²) in [6.45, 7) is 0.754. The predicted molar refractivity (Wildman–Crippen MR) is 50.0 cm³/mol. The zero-order valence-electron chi connectivity index (χ0n) is 8.55. The SMILES string of the molecule is CCCN(CC(N)C(N)=O)CC(F)(F)F. The largest absolute Gasteiger partial charge is 0.401 e. The first kappa shape index (κ1) is 14.2. The minimum atomic E-state index is -4.29. The van der Waals surface area contributed by atoms with Crippen LogP contribution in [-0.4, -0.2) is 42.7 Å². The molecule has 4 nitrogen and oxygen atoms in total. The summed E-state index contributed by atoms with van der Waals surface area (Å²) in [5.41, 5.74) is 10.2. The number of nitrogens with zero attached hydrogens (tertiary/aromatic N) is 1. The van der Waals surface area contributed by atoms with Crippen molar-refractivity contribution < 1.29 is 18.0 Å². The van der Waals surface area contributed by atoms with Gasteiger partial charge < -0.3 is 11.5 Å². The third kappa shape index (κ3) is 7.15. The van der Waals surface area contributed by atoms with E-state index in [2.05, 4.69) is 0 Å². The van der Waals surface area contributed by atoms with Crippen LogP contribution in [0.25, 0.3) is 0 Å². The van der Waals surface area contributed by atoms with Gasteiger partial charge in [0.2, 0.25) is 5.91 Å². The maximum atomic E-state index is 12.1. The Balaban J connectivity index is 4.21. The third-order valence-electron chi connectivity index (χ3n) is 1.76. The fourth-order valence-electron chi connectivity index (χ4n) is 1.17. The lowest BCUT2D eigenvalue weighted by Crippen LogP contribution is -2.48. The minimum absolute atomic E-state index is 0.164. The molecule has 1 amide bonds. The van der Waals surface area contributed by atoms with Gasteiger partial charge in [0.25, 0.3) is 0 Å². The lowest BCUT2D eigenvalue weighted by molar-refractivity contribution is -0.147. The molecular formula is C8H16F3N3O. The summed E-state index contributed by atoms with van der Waals surface area (Å²) in [6, 6.07) is -1.06. The summed E-state index contributed by atoms with van der Waals surface area (Å²) in [7, 11) is 0. The number of halogens is 3. The maximum absolute atomic E-state index is 12.1. The summed E-state index contributed by atoms with van der Waals surface area (Å²) < 4.78 is 36.2. The van der Waals surface area contributed by atoms with Gasteiger partial charge in [0, 0.05) is 6.54 Å². The van der Waals surface area contributed by atoms with Crippen LogP contribution in [0.3, 0.4) is 0 Å². The molecule has 90 valence electrons. The summed E-state index contributed by atoms with van der Waals surface area (Å²) >= 11 is 0. The Hall–Kier alpha value is -0.820. The minimum Gasteiger partial charge on any atom is -0.368 e. The summed E-state index contributed by atoms with van der Waals surface area (Å²) in [5.74, 6) is -0.793. The van der Waals surface area contributed by atoms with E-state index in [1.165, 1.54) is 0 Å². The molecule has 0 saturated heterocycles. The Morgan fingerprint density at radius 2 is 2.00 bits per heavy atom. The van der Waals surface area contributed by atoms with Crippen molar-refractivity contribution in [3.05, 3.63) is 0 Å². The van der Waals surface area contributed by atoms with E-state index in [0.29, 0.717) is 6.42 Å². The molecule has 4 N–H and O–H groups in total. The van der Waals surface area contributed by atoms with Crippen molar-refractivity contribution in [2.45, 2.75) is 25.6 Å². The lowest BCUT2D eigenvalue weighted by atomic mass is 10.2. The molecule has 1 atom stereocenters. The van der Waals surface area contributed by atoms with Crippen LogP contribution in [0.5, 0.6) is 0 Å². The molecule has 0 aliphatic heterocycles. The second-order valence-electron chi connectivity index (χ2n) is 3.36. The molecule has 0 aromatic rings. The molecule has 15 heavy (non-hydrogen) atoms. The number of amides is 1. The van der Waals surface area contributed by atoms with Crippen molar-refractivity contribution in [3.8, 4) is 0 Å². The summed E-state index contributed by atoms with van der Waals surface area (Å²) in [4.78, 5) is 11.7. The van der Waals surface area contributed by atoms with Gasteiger partial charge in [-0.15, -0.1) is 0 Å². The van der Waals surface area contributed by atoms with Gasteiger partial charge in [-0.3, -0.25) is 9.69 Å². The number of carbonyl (C=O) groups is 1. The van der Waals surface area contributed by atoms with Crippen LogP contribution in [0.1, 0.15) is 13.3 Å². The van der Waals surface area contributed by atoms with E-state index >= 15 is 0 Å². The van der Waals surface area contributed by atoms with Crippen molar-refractivity contribution in [2.24, 2.45) is 11.5 Å². The Morgan fingerprint density at radius 1 is 1.47 bits per heavy atom. The second kappa shape index (κ2) is 5.92. The van der Waals surface area contributed by atoms with Gasteiger partial charge in [-0.2, -0.15) is 13.2 Å². The molecule has 0 radical (unpaired) electrons. The van der Waals surface area contributed by atoms with Crippen LogP contribution in [-0.2, 0) is 4.79 Å². The van der Waals surface area contributed by atoms with Gasteiger partial charge in [-0.1, -0.05) is 6.92 Å². The maximum Gasteiger partial charge on any atom is 0.401 e. The first-order valence-corrected chi connectivity index (χ1v) is 4.60. The highest BCUT2D eigenvalue weighted by Crippen LogP contribution is 2.16. The molecule has 0 fully saturated rings. The smallest absolute Gasteiger partial charge is 0.368 e. The normalized spacial score (nSPS) is 14.3. The van der Waals surface area contributed by atoms with E-state index in [-0.39, 0.29) is 13.1 Å². The highest BCUT2D eigenvalue weighted by molar-refractivity contribution is 5.79. The van der Waals surface area contributed by atoms with E-state index in [1.54, 1.807) is 6.92 Å². The Labute approximate surface area is 86.4 Å². The van der Waals surface area contributed by atoms with Crippen LogP contribution in [0.15, 0.2) is 0 Å². The summed E-state index contributed by atoms with van der Waals surface area (Å²) in [6.07, 6.45) is -3.73. The molecule has 0 spiro atoms. The van der Waals surface area contributed by atoms with Gasteiger partial charge >= 0.3 is 6.18 Å². The number of nitrogens with two attached hydrogens (primary N) is 2. The van der Waals surface area contributed by atoms with Crippen LogP contribution < -0.4 is 11.5 Å². The van der Waals surface area contributed by atoms with Crippen LogP contribution >= 0.6 is 0 Å². The highest BCUT2D eigenvalue weighted by Gasteiger charge is 2.31. The van der Waals surface area contributed by atoms with Crippen LogP contribution in [0.4, 0.5) is 13.2 Å². The Morgan fingerprint density at radius 3 is 2.33 bits per heavy atom. The van der Waals surface area contributed by atoms with Crippen molar-refractivity contribution in [2.75, 3.05) is 19.6 Å². The van der Waals surface area contributed by atoms with Crippen molar-refractivity contribution in [3.63, 3.8) is 0 Å². The lowest BCUT2D eigenvalue weighted by Gasteiger charge is -2.24. The zero-order valence-corrected chi connectivity index (χ0v) is 8.55. The fraction of sp³-hybridized carbons (Fsp3) is 0.875. The third-order valence-corrected chi connectivity index (χ3v) is 1.76. The molecule has 0 saturated carbocycles. The number of carbonyl (C=O) groups excluding carboxylic acids is 1. The zero-order chi connectivity index (χ0) is 12.1. The van der Waals surface area contributed by atoms with Crippen molar-refractivity contribution in [1.82, 2.24) is 4.90 Å². The standard InChI is InChI=1S/C8H16F3N3O/c1-2-3-14(5-8(9,10)11)4-6(12)7(13)15/h6H,2-5,12H2,1H3,(H2,13,15). The van der Waals surface area contributed by atoms with E-state index in [9.17, 15) is 18.0 Å². The monoisotopic (exact) mass is 227 g/mol. The Bertz CT molecular complexity index is 208. The molecule has 0 aromatic heterocycles. The van der Waals surface area contributed by atoms with Gasteiger partial charge in [-0.25, -0.2) is 0 Å². The molecule has 7 heteroatoms. The van der Waals surface area contributed by atoms with E-state index in [1.807, 2.05) is 0 Å². The molecular weight excluding hydrogens is 211 g/mol. The van der Waals surface area contributed by atoms with Gasteiger partial charge in [0.05, 0.1) is 12.6 Å². The number of primary amides is 1. The fourth-order valence-corrected chi connectivity index (χ4v) is 1.17. The van der Waals surface area contributed by atoms with Crippen LogP contribution in [0, 0.1) is 0 Å². The van der Waals surface area contributed by atoms with Crippen molar-refractivity contribution >= 4 is 5.91 Å².